The fraction of sp³-hybridized carbons (Fsp3) is 0.316. The molecule has 2 aromatic carbocycles. The highest BCUT2D eigenvalue weighted by Crippen LogP contribution is 2.27. The number of hydrogen-bond donors (Lipinski definition) is 1. The summed E-state index contributed by atoms with van der Waals surface area (Å²) in [7, 11) is 3.17. The van der Waals surface area contributed by atoms with Crippen LogP contribution in [-0.2, 0) is 11.3 Å². The third-order valence-electron chi connectivity index (χ3n) is 3.69. The van der Waals surface area contributed by atoms with Crippen molar-refractivity contribution < 1.29 is 19.0 Å². The van der Waals surface area contributed by atoms with Gasteiger partial charge < -0.3 is 19.5 Å². The minimum absolute atomic E-state index is 0.0149. The lowest BCUT2D eigenvalue weighted by molar-refractivity contribution is -0.123. The smallest absolute Gasteiger partial charge is 0.258 e. The number of aryl methyl sites for hydroxylation is 2. The van der Waals surface area contributed by atoms with Crippen LogP contribution < -0.4 is 19.5 Å². The van der Waals surface area contributed by atoms with Crippen LogP contribution in [0.25, 0.3) is 0 Å². The maximum atomic E-state index is 12.0. The standard InChI is InChI=1S/C19H23NO4/c1-13-6-5-7-14(2)19(13)24-12-18(21)20-11-15-8-9-16(22-3)17(10-15)23-4/h5-10H,11-12H2,1-4H3,(H,20,21). The maximum Gasteiger partial charge on any atom is 0.258 e. The summed E-state index contributed by atoms with van der Waals surface area (Å²) in [6.45, 7) is 4.31. The van der Waals surface area contributed by atoms with Crippen LogP contribution >= 0.6 is 0 Å². The summed E-state index contributed by atoms with van der Waals surface area (Å²) in [5, 5.41) is 2.84. The molecule has 0 unspecified atom stereocenters. The Morgan fingerprint density at radius 3 is 2.29 bits per heavy atom. The van der Waals surface area contributed by atoms with Crippen LogP contribution in [0.15, 0.2) is 36.4 Å². The van der Waals surface area contributed by atoms with E-state index < -0.39 is 0 Å². The van der Waals surface area contributed by atoms with E-state index in [-0.39, 0.29) is 12.5 Å². The third-order valence-corrected chi connectivity index (χ3v) is 3.69. The molecular formula is C19H23NO4. The van der Waals surface area contributed by atoms with Crippen LogP contribution in [-0.4, -0.2) is 26.7 Å². The average molecular weight is 329 g/mol. The number of carbonyl (C=O) groups excluding carboxylic acids is 1. The number of amides is 1. The number of para-hydroxylation sites is 1. The Hall–Kier alpha value is -2.69. The lowest BCUT2D eigenvalue weighted by atomic mass is 10.1. The molecule has 0 aliphatic heterocycles. The van der Waals surface area contributed by atoms with Crippen LogP contribution in [0.3, 0.4) is 0 Å². The summed E-state index contributed by atoms with van der Waals surface area (Å²) in [4.78, 5) is 12.0. The van der Waals surface area contributed by atoms with Gasteiger partial charge >= 0.3 is 0 Å². The van der Waals surface area contributed by atoms with Crippen LogP contribution in [0.2, 0.25) is 0 Å². The molecular weight excluding hydrogens is 306 g/mol. The molecule has 0 radical (unpaired) electrons. The molecule has 1 N–H and O–H groups in total. The van der Waals surface area contributed by atoms with Crippen molar-refractivity contribution in [2.45, 2.75) is 20.4 Å². The van der Waals surface area contributed by atoms with Gasteiger partial charge in [-0.2, -0.15) is 0 Å². The second-order valence-electron chi connectivity index (χ2n) is 5.48. The lowest BCUT2D eigenvalue weighted by Gasteiger charge is -2.13. The van der Waals surface area contributed by atoms with E-state index in [1.165, 1.54) is 0 Å². The van der Waals surface area contributed by atoms with Gasteiger partial charge in [-0.25, -0.2) is 0 Å². The van der Waals surface area contributed by atoms with E-state index in [4.69, 9.17) is 14.2 Å². The Balaban J connectivity index is 1.89. The van der Waals surface area contributed by atoms with Crippen molar-refractivity contribution in [2.75, 3.05) is 20.8 Å². The molecule has 24 heavy (non-hydrogen) atoms. The topological polar surface area (TPSA) is 56.8 Å². The van der Waals surface area contributed by atoms with Gasteiger partial charge in [-0.3, -0.25) is 4.79 Å². The highest BCUT2D eigenvalue weighted by atomic mass is 16.5. The first-order valence-electron chi connectivity index (χ1n) is 7.71. The van der Waals surface area contributed by atoms with Gasteiger partial charge in [-0.1, -0.05) is 24.3 Å². The molecule has 1 amide bonds. The van der Waals surface area contributed by atoms with Crippen LogP contribution in [0, 0.1) is 13.8 Å². The predicted molar refractivity (Wildman–Crippen MR) is 92.8 cm³/mol. The zero-order valence-electron chi connectivity index (χ0n) is 14.5. The molecule has 128 valence electrons. The molecule has 0 aliphatic carbocycles. The van der Waals surface area contributed by atoms with Crippen LogP contribution in [0.1, 0.15) is 16.7 Å². The van der Waals surface area contributed by atoms with Gasteiger partial charge in [-0.15, -0.1) is 0 Å². The van der Waals surface area contributed by atoms with Crippen LogP contribution in [0.5, 0.6) is 17.2 Å². The average Bonchev–Trinajstić information content (AvgIpc) is 2.59. The number of ether oxygens (including phenoxy) is 3. The van der Waals surface area contributed by atoms with E-state index in [1.807, 2.05) is 50.2 Å². The number of carbonyl (C=O) groups is 1. The van der Waals surface area contributed by atoms with E-state index in [0.717, 1.165) is 22.4 Å². The van der Waals surface area contributed by atoms with Crippen molar-refractivity contribution >= 4 is 5.91 Å². The van der Waals surface area contributed by atoms with Crippen molar-refractivity contribution in [2.24, 2.45) is 0 Å². The van der Waals surface area contributed by atoms with Crippen molar-refractivity contribution in [3.05, 3.63) is 53.1 Å². The van der Waals surface area contributed by atoms with Crippen LogP contribution in [0.4, 0.5) is 0 Å². The summed E-state index contributed by atoms with van der Waals surface area (Å²) in [6.07, 6.45) is 0. The second-order valence-corrected chi connectivity index (χ2v) is 5.48. The molecule has 0 atom stereocenters. The third kappa shape index (κ3) is 4.41. The Morgan fingerprint density at radius 2 is 1.67 bits per heavy atom. The van der Waals surface area contributed by atoms with E-state index in [9.17, 15) is 4.79 Å². The summed E-state index contributed by atoms with van der Waals surface area (Å²) in [5.74, 6) is 1.88. The normalized spacial score (nSPS) is 10.2. The monoisotopic (exact) mass is 329 g/mol. The summed E-state index contributed by atoms with van der Waals surface area (Å²) in [5.41, 5.74) is 2.96. The van der Waals surface area contributed by atoms with E-state index in [2.05, 4.69) is 5.32 Å². The molecule has 0 bridgehead atoms. The maximum absolute atomic E-state index is 12.0. The first-order chi connectivity index (χ1) is 11.5. The van der Waals surface area contributed by atoms with Crippen molar-refractivity contribution in [1.82, 2.24) is 5.32 Å². The first-order valence-corrected chi connectivity index (χ1v) is 7.71. The van der Waals surface area contributed by atoms with Gasteiger partial charge in [0.15, 0.2) is 18.1 Å². The number of nitrogens with one attached hydrogen (secondary N) is 1. The fourth-order valence-electron chi connectivity index (χ4n) is 2.41. The molecule has 0 heterocycles. The Labute approximate surface area is 142 Å². The Bertz CT molecular complexity index is 692. The molecule has 0 saturated carbocycles. The first kappa shape index (κ1) is 17.7. The second kappa shape index (κ2) is 8.24. The zero-order chi connectivity index (χ0) is 17.5. The SMILES string of the molecule is COc1ccc(CNC(=O)COc2c(C)cccc2C)cc1OC. The van der Waals surface area contributed by atoms with Crippen molar-refractivity contribution in [3.63, 3.8) is 0 Å². The summed E-state index contributed by atoms with van der Waals surface area (Å²) >= 11 is 0. The number of benzene rings is 2. The van der Waals surface area contributed by atoms with Crippen molar-refractivity contribution in [1.29, 1.82) is 0 Å². The molecule has 0 aliphatic rings. The van der Waals surface area contributed by atoms with Gasteiger partial charge in [0, 0.05) is 6.54 Å². The molecule has 2 rings (SSSR count). The predicted octanol–water partition coefficient (Wildman–Crippen LogP) is 3.02. The molecule has 2 aromatic rings. The Morgan fingerprint density at radius 1 is 1.00 bits per heavy atom. The van der Waals surface area contributed by atoms with Crippen molar-refractivity contribution in [3.8, 4) is 17.2 Å². The quantitative estimate of drug-likeness (QED) is 0.848. The van der Waals surface area contributed by atoms with E-state index >= 15 is 0 Å². The van der Waals surface area contributed by atoms with Gasteiger partial charge in [0.05, 0.1) is 14.2 Å². The van der Waals surface area contributed by atoms with Gasteiger partial charge in [-0.05, 0) is 42.7 Å². The molecule has 0 spiro atoms. The molecule has 5 heteroatoms. The van der Waals surface area contributed by atoms with Gasteiger partial charge in [0.2, 0.25) is 0 Å². The molecule has 0 saturated heterocycles. The highest BCUT2D eigenvalue weighted by Gasteiger charge is 2.08. The minimum Gasteiger partial charge on any atom is -0.493 e. The fourth-order valence-corrected chi connectivity index (χ4v) is 2.41. The summed E-state index contributed by atoms with van der Waals surface area (Å²) in [6, 6.07) is 11.4. The number of methoxy groups -OCH3 is 2. The zero-order valence-corrected chi connectivity index (χ0v) is 14.5. The largest absolute Gasteiger partial charge is 0.493 e. The van der Waals surface area contributed by atoms with Gasteiger partial charge in [0.25, 0.3) is 5.91 Å². The Kier molecular flexibility index (Phi) is 6.07. The van der Waals surface area contributed by atoms with Gasteiger partial charge in [0.1, 0.15) is 5.75 Å². The number of hydrogen-bond acceptors (Lipinski definition) is 4. The number of rotatable bonds is 7. The molecule has 0 fully saturated rings. The minimum atomic E-state index is -0.174. The highest BCUT2D eigenvalue weighted by molar-refractivity contribution is 5.77. The molecule has 5 nitrogen and oxygen atoms in total. The lowest BCUT2D eigenvalue weighted by Crippen LogP contribution is -2.28. The molecule has 0 aromatic heterocycles. The van der Waals surface area contributed by atoms with E-state index in [0.29, 0.717) is 18.0 Å². The summed E-state index contributed by atoms with van der Waals surface area (Å²) < 4.78 is 16.1. The van der Waals surface area contributed by atoms with E-state index in [1.54, 1.807) is 14.2 Å².